The molecule has 0 saturated carbocycles. The average molecular weight is 936 g/mol. The summed E-state index contributed by atoms with van der Waals surface area (Å²) in [7, 11) is 0. The van der Waals surface area contributed by atoms with Crippen LogP contribution in [0.25, 0.3) is 55.3 Å². The van der Waals surface area contributed by atoms with Gasteiger partial charge in [-0.3, -0.25) is 0 Å². The maximum absolute atomic E-state index is 6.92. The van der Waals surface area contributed by atoms with Gasteiger partial charge in [0.1, 0.15) is 22.7 Å². The van der Waals surface area contributed by atoms with E-state index in [4.69, 9.17) is 9.15 Å². The number of hydrogen-bond donors (Lipinski definition) is 0. The van der Waals surface area contributed by atoms with Crippen LogP contribution in [0.5, 0.6) is 11.5 Å². The molecular weight excluding hydrogens is 895 g/mol. The molecule has 16 rings (SSSR count). The molecule has 4 aliphatic rings. The van der Waals surface area contributed by atoms with E-state index in [1.165, 1.54) is 71.0 Å². The molecule has 4 heteroatoms. The van der Waals surface area contributed by atoms with Crippen molar-refractivity contribution in [3.8, 4) is 44.9 Å². The van der Waals surface area contributed by atoms with E-state index in [1.807, 2.05) is 17.8 Å². The number of para-hydroxylation sites is 2. The van der Waals surface area contributed by atoms with Gasteiger partial charge in [-0.05, 0) is 140 Å². The molecule has 0 amide bonds. The van der Waals surface area contributed by atoms with Crippen LogP contribution in [0.15, 0.2) is 263 Å². The van der Waals surface area contributed by atoms with E-state index in [0.717, 1.165) is 67.2 Å². The molecule has 3 heterocycles. The van der Waals surface area contributed by atoms with Crippen LogP contribution in [0.1, 0.15) is 44.5 Å². The number of fused-ring (bicyclic) bond motifs is 21. The van der Waals surface area contributed by atoms with Gasteiger partial charge in [-0.25, -0.2) is 0 Å². The maximum atomic E-state index is 6.92. The maximum Gasteiger partial charge on any atom is 0.137 e. The number of anilines is 3. The molecule has 0 radical (unpaired) electrons. The molecule has 0 atom stereocenters. The topological polar surface area (TPSA) is 25.6 Å². The van der Waals surface area contributed by atoms with Crippen molar-refractivity contribution in [3.05, 3.63) is 293 Å². The zero-order valence-electron chi connectivity index (χ0n) is 38.8. The second-order valence-corrected chi connectivity index (χ2v) is 20.5. The summed E-state index contributed by atoms with van der Waals surface area (Å²) >= 11 is 1.88. The third-order valence-corrected chi connectivity index (χ3v) is 17.2. The fourth-order valence-corrected chi connectivity index (χ4v) is 14.4. The van der Waals surface area contributed by atoms with Crippen LogP contribution >= 0.6 is 11.8 Å². The number of ether oxygens (including phenoxy) is 1. The van der Waals surface area contributed by atoms with Gasteiger partial charge in [0.25, 0.3) is 0 Å². The summed E-state index contributed by atoms with van der Waals surface area (Å²) in [6.07, 6.45) is 0. The smallest absolute Gasteiger partial charge is 0.137 e. The Bertz CT molecular complexity index is 4170. The second kappa shape index (κ2) is 14.8. The number of hydrogen-bond acceptors (Lipinski definition) is 4. The molecule has 2 aliphatic carbocycles. The van der Waals surface area contributed by atoms with Gasteiger partial charge >= 0.3 is 0 Å². The monoisotopic (exact) mass is 935 g/mol. The van der Waals surface area contributed by atoms with Crippen LogP contribution in [0.4, 0.5) is 17.1 Å². The third-order valence-electron chi connectivity index (χ3n) is 16.0. The van der Waals surface area contributed by atoms with Gasteiger partial charge in [0, 0.05) is 37.7 Å². The molecule has 0 fully saturated rings. The molecule has 0 unspecified atom stereocenters. The highest BCUT2D eigenvalue weighted by molar-refractivity contribution is 7.99. The van der Waals surface area contributed by atoms with Gasteiger partial charge in [0.05, 0.1) is 21.9 Å². The SMILES string of the molecule is c1ccc2c(c1)Oc1ccc(N(c3ccc(-c4ccc5c(c4)C4(c6ccccc6S5)c5ccccc5-c5ccccc54)cc3)c3cccc4oc5ccccc5c34)cc1C21c2ccccc2-c2ccccc21. The number of nitrogens with zero attached hydrogens (tertiary/aromatic N) is 1. The highest BCUT2D eigenvalue weighted by atomic mass is 32.2. The van der Waals surface area contributed by atoms with Crippen LogP contribution in [0, 0.1) is 0 Å². The zero-order chi connectivity index (χ0) is 47.1. The van der Waals surface area contributed by atoms with Crippen LogP contribution in [0.3, 0.4) is 0 Å². The molecule has 72 heavy (non-hydrogen) atoms. The van der Waals surface area contributed by atoms with Crippen LogP contribution < -0.4 is 9.64 Å². The van der Waals surface area contributed by atoms with Crippen LogP contribution in [-0.2, 0) is 10.8 Å². The van der Waals surface area contributed by atoms with Gasteiger partial charge in [-0.1, -0.05) is 188 Å². The highest BCUT2D eigenvalue weighted by Gasteiger charge is 2.52. The fraction of sp³-hybridized carbons (Fsp3) is 0.0294. The predicted octanol–water partition coefficient (Wildman–Crippen LogP) is 18.0. The standard InChI is InChI=1S/C68H41NO2S/c1-6-21-51-46(16-1)47-17-2-7-22-52(47)67(51)55-25-10-13-29-61(55)71-62-38-37-45(41-57(62)67)69(59-27-15-30-63-66(59)50-20-5-12-28-60(50)70-63)44-35-32-42(33-36-44)43-34-39-65-58(40-43)68(56-26-11-14-31-64(56)72-65)53-23-8-3-18-48(53)49-19-4-9-24-54(49)68/h1-41H. The van der Waals surface area contributed by atoms with Crippen molar-refractivity contribution in [1.29, 1.82) is 0 Å². The van der Waals surface area contributed by atoms with E-state index in [9.17, 15) is 0 Å². The van der Waals surface area contributed by atoms with Gasteiger partial charge < -0.3 is 14.1 Å². The number of benzene rings is 11. The summed E-state index contributed by atoms with van der Waals surface area (Å²) < 4.78 is 13.5. The lowest BCUT2D eigenvalue weighted by Gasteiger charge is -2.40. The molecule has 12 aromatic rings. The molecule has 11 aromatic carbocycles. The first-order valence-corrected chi connectivity index (χ1v) is 25.5. The minimum Gasteiger partial charge on any atom is -0.457 e. The Morgan fingerprint density at radius 3 is 1.54 bits per heavy atom. The Labute approximate surface area is 421 Å². The first kappa shape index (κ1) is 40.0. The van der Waals surface area contributed by atoms with Gasteiger partial charge in [-0.2, -0.15) is 0 Å². The Balaban J connectivity index is 0.897. The van der Waals surface area contributed by atoms with Gasteiger partial charge in [-0.15, -0.1) is 0 Å². The molecule has 0 saturated heterocycles. The van der Waals surface area contributed by atoms with E-state index >= 15 is 0 Å². The number of furan rings is 1. The quantitative estimate of drug-likeness (QED) is 0.176. The second-order valence-electron chi connectivity index (χ2n) is 19.4. The molecule has 2 spiro atoms. The Morgan fingerprint density at radius 1 is 0.333 bits per heavy atom. The summed E-state index contributed by atoms with van der Waals surface area (Å²) in [5.41, 5.74) is 21.3. The van der Waals surface area contributed by atoms with Crippen molar-refractivity contribution in [2.75, 3.05) is 4.90 Å². The number of rotatable bonds is 4. The van der Waals surface area contributed by atoms with Gasteiger partial charge in [0.15, 0.2) is 0 Å². The van der Waals surface area contributed by atoms with Crippen molar-refractivity contribution < 1.29 is 9.15 Å². The normalized spacial score (nSPS) is 14.4. The minimum absolute atomic E-state index is 0.447. The molecule has 3 nitrogen and oxygen atoms in total. The van der Waals surface area contributed by atoms with Crippen molar-refractivity contribution in [2.45, 2.75) is 20.6 Å². The average Bonchev–Trinajstić information content (AvgIpc) is 4.08. The predicted molar refractivity (Wildman–Crippen MR) is 293 cm³/mol. The lowest BCUT2D eigenvalue weighted by molar-refractivity contribution is 0.436. The van der Waals surface area contributed by atoms with Crippen molar-refractivity contribution in [2.24, 2.45) is 0 Å². The summed E-state index contributed by atoms with van der Waals surface area (Å²) in [4.78, 5) is 5.01. The fourth-order valence-electron chi connectivity index (χ4n) is 13.2. The molecule has 0 bridgehead atoms. The Morgan fingerprint density at radius 2 is 0.847 bits per heavy atom. The highest BCUT2D eigenvalue weighted by Crippen LogP contribution is 2.64. The molecule has 336 valence electrons. The van der Waals surface area contributed by atoms with Crippen LogP contribution in [0.2, 0.25) is 0 Å². The van der Waals surface area contributed by atoms with Gasteiger partial charge in [0.2, 0.25) is 0 Å². The molecule has 0 N–H and O–H groups in total. The van der Waals surface area contributed by atoms with E-state index < -0.39 is 10.8 Å². The Kier molecular flexibility index (Phi) is 8.24. The zero-order valence-corrected chi connectivity index (χ0v) is 39.7. The largest absolute Gasteiger partial charge is 0.457 e. The first-order valence-electron chi connectivity index (χ1n) is 24.7. The van der Waals surface area contributed by atoms with E-state index in [0.29, 0.717) is 0 Å². The summed E-state index contributed by atoms with van der Waals surface area (Å²) in [6, 6.07) is 91.4. The molecular formula is C68H41NO2S. The lowest BCUT2D eigenvalue weighted by atomic mass is 9.66. The summed E-state index contributed by atoms with van der Waals surface area (Å²) in [5.74, 6) is 1.73. The summed E-state index contributed by atoms with van der Waals surface area (Å²) in [6.45, 7) is 0. The van der Waals surface area contributed by atoms with E-state index in [2.05, 4.69) is 248 Å². The minimum atomic E-state index is -0.611. The Hall–Kier alpha value is -8.83. The van der Waals surface area contributed by atoms with Crippen molar-refractivity contribution >= 4 is 50.8 Å². The van der Waals surface area contributed by atoms with E-state index in [-0.39, 0.29) is 0 Å². The lowest BCUT2D eigenvalue weighted by Crippen LogP contribution is -2.32. The first-order chi connectivity index (χ1) is 35.7. The molecule has 1 aromatic heterocycles. The van der Waals surface area contributed by atoms with E-state index in [1.54, 1.807) is 0 Å². The molecule has 2 aliphatic heterocycles. The summed E-state index contributed by atoms with van der Waals surface area (Å²) in [5, 5.41) is 2.14. The van der Waals surface area contributed by atoms with Crippen molar-refractivity contribution in [1.82, 2.24) is 0 Å². The van der Waals surface area contributed by atoms with Crippen molar-refractivity contribution in [3.63, 3.8) is 0 Å². The van der Waals surface area contributed by atoms with Crippen LogP contribution in [-0.4, -0.2) is 0 Å². The third kappa shape index (κ3) is 5.21.